The first-order chi connectivity index (χ1) is 10.1. The predicted octanol–water partition coefficient (Wildman–Crippen LogP) is 1.92. The molecule has 0 bridgehead atoms. The molecule has 0 spiro atoms. The molecule has 2 rings (SSSR count). The molecule has 0 saturated carbocycles. The van der Waals surface area contributed by atoms with Crippen LogP contribution in [-0.2, 0) is 16.9 Å². The van der Waals surface area contributed by atoms with Crippen molar-refractivity contribution in [2.24, 2.45) is 5.73 Å². The van der Waals surface area contributed by atoms with Crippen LogP contribution in [0.4, 0.5) is 0 Å². The molecule has 0 aliphatic heterocycles. The molecule has 0 aliphatic rings. The van der Waals surface area contributed by atoms with Gasteiger partial charge in [-0.25, -0.2) is 0 Å². The van der Waals surface area contributed by atoms with Gasteiger partial charge in [-0.05, 0) is 18.5 Å². The van der Waals surface area contributed by atoms with Gasteiger partial charge in [0, 0.05) is 12.7 Å². The maximum Gasteiger partial charge on any atom is 0.242 e. The molecule has 1 aromatic carbocycles. The van der Waals surface area contributed by atoms with Gasteiger partial charge in [0.2, 0.25) is 5.91 Å². The molecule has 0 radical (unpaired) electrons. The number of carbonyl (C=O) groups is 1. The Kier molecular flexibility index (Phi) is 4.98. The summed E-state index contributed by atoms with van der Waals surface area (Å²) in [5.74, 6) is -0.395. The standard InChI is InChI=1S/C15H19ClN4O/c1-2-18-15(14(17)21,12-6-4-3-5-7-12)8-9-20-11-13(16)10-19-20/h3-7,10-11,18H,2,8-9H2,1H3,(H2,17,21). The molecule has 1 atom stereocenters. The number of carbonyl (C=O) groups excluding carboxylic acids is 1. The monoisotopic (exact) mass is 306 g/mol. The van der Waals surface area contributed by atoms with Gasteiger partial charge in [-0.3, -0.25) is 14.8 Å². The van der Waals surface area contributed by atoms with Gasteiger partial charge in [0.1, 0.15) is 5.54 Å². The highest BCUT2D eigenvalue weighted by Crippen LogP contribution is 2.26. The third kappa shape index (κ3) is 3.43. The number of nitrogens with one attached hydrogen (secondary N) is 1. The summed E-state index contributed by atoms with van der Waals surface area (Å²) in [6, 6.07) is 9.52. The van der Waals surface area contributed by atoms with E-state index in [0.29, 0.717) is 24.5 Å². The molecule has 5 nitrogen and oxygen atoms in total. The lowest BCUT2D eigenvalue weighted by Crippen LogP contribution is -2.53. The molecule has 6 heteroatoms. The Balaban J connectivity index is 2.28. The zero-order valence-corrected chi connectivity index (χ0v) is 12.7. The number of hydrogen-bond acceptors (Lipinski definition) is 3. The van der Waals surface area contributed by atoms with Crippen molar-refractivity contribution in [1.29, 1.82) is 0 Å². The molecule has 0 aliphatic carbocycles. The van der Waals surface area contributed by atoms with Crippen LogP contribution in [0.3, 0.4) is 0 Å². The Labute approximate surface area is 129 Å². The van der Waals surface area contributed by atoms with Gasteiger partial charge in [-0.15, -0.1) is 0 Å². The number of aromatic nitrogens is 2. The number of benzene rings is 1. The van der Waals surface area contributed by atoms with Gasteiger partial charge in [0.05, 0.1) is 11.2 Å². The summed E-state index contributed by atoms with van der Waals surface area (Å²) in [7, 11) is 0. The molecule has 112 valence electrons. The lowest BCUT2D eigenvalue weighted by atomic mass is 9.85. The average molecular weight is 307 g/mol. The lowest BCUT2D eigenvalue weighted by molar-refractivity contribution is -0.125. The van der Waals surface area contributed by atoms with E-state index < -0.39 is 11.4 Å². The Hall–Kier alpha value is -1.85. The van der Waals surface area contributed by atoms with Gasteiger partial charge < -0.3 is 5.73 Å². The van der Waals surface area contributed by atoms with E-state index in [1.54, 1.807) is 17.1 Å². The van der Waals surface area contributed by atoms with Crippen LogP contribution in [0.1, 0.15) is 18.9 Å². The van der Waals surface area contributed by atoms with Crippen molar-refractivity contribution in [3.8, 4) is 0 Å². The van der Waals surface area contributed by atoms with E-state index in [9.17, 15) is 4.79 Å². The van der Waals surface area contributed by atoms with Crippen LogP contribution in [0.25, 0.3) is 0 Å². The summed E-state index contributed by atoms with van der Waals surface area (Å²) in [5.41, 5.74) is 5.65. The third-order valence-electron chi connectivity index (χ3n) is 3.48. The van der Waals surface area contributed by atoms with Gasteiger partial charge >= 0.3 is 0 Å². The average Bonchev–Trinajstić information content (AvgIpc) is 2.90. The minimum Gasteiger partial charge on any atom is -0.368 e. The van der Waals surface area contributed by atoms with Crippen LogP contribution in [0.15, 0.2) is 42.7 Å². The minimum atomic E-state index is -0.908. The van der Waals surface area contributed by atoms with E-state index >= 15 is 0 Å². The fourth-order valence-corrected chi connectivity index (χ4v) is 2.61. The van der Waals surface area contributed by atoms with Crippen LogP contribution in [0.2, 0.25) is 5.02 Å². The number of primary amides is 1. The topological polar surface area (TPSA) is 72.9 Å². The van der Waals surface area contributed by atoms with E-state index in [1.165, 1.54) is 0 Å². The van der Waals surface area contributed by atoms with Crippen LogP contribution in [0, 0.1) is 0 Å². The van der Waals surface area contributed by atoms with Crippen LogP contribution in [0.5, 0.6) is 0 Å². The maximum absolute atomic E-state index is 12.1. The quantitative estimate of drug-likeness (QED) is 0.821. The van der Waals surface area contributed by atoms with Crippen molar-refractivity contribution < 1.29 is 4.79 Å². The summed E-state index contributed by atoms with van der Waals surface area (Å²) in [6.45, 7) is 3.13. The zero-order chi connectivity index (χ0) is 15.3. The largest absolute Gasteiger partial charge is 0.368 e. The summed E-state index contributed by atoms with van der Waals surface area (Å²) in [5, 5.41) is 7.95. The fourth-order valence-electron chi connectivity index (χ4n) is 2.45. The highest BCUT2D eigenvalue weighted by molar-refractivity contribution is 6.30. The number of rotatable bonds is 7. The number of aryl methyl sites for hydroxylation is 1. The molecule has 1 aromatic heterocycles. The Morgan fingerprint density at radius 1 is 1.43 bits per heavy atom. The van der Waals surface area contributed by atoms with Crippen molar-refractivity contribution in [1.82, 2.24) is 15.1 Å². The summed E-state index contributed by atoms with van der Waals surface area (Å²) in [6.07, 6.45) is 3.80. The SMILES string of the molecule is CCNC(CCn1cc(Cl)cn1)(C(N)=O)c1ccccc1. The van der Waals surface area contributed by atoms with Gasteiger partial charge in [-0.2, -0.15) is 5.10 Å². The molecule has 0 saturated heterocycles. The third-order valence-corrected chi connectivity index (χ3v) is 3.68. The van der Waals surface area contributed by atoms with Crippen molar-refractivity contribution in [3.63, 3.8) is 0 Å². The van der Waals surface area contributed by atoms with Crippen molar-refractivity contribution >= 4 is 17.5 Å². The molecular formula is C15H19ClN4O. The van der Waals surface area contributed by atoms with Crippen molar-refractivity contribution in [3.05, 3.63) is 53.3 Å². The van der Waals surface area contributed by atoms with Crippen LogP contribution in [-0.4, -0.2) is 22.2 Å². The first kappa shape index (κ1) is 15.5. The Morgan fingerprint density at radius 3 is 2.67 bits per heavy atom. The summed E-state index contributed by atoms with van der Waals surface area (Å²) >= 11 is 5.86. The minimum absolute atomic E-state index is 0.395. The van der Waals surface area contributed by atoms with Crippen molar-refractivity contribution in [2.45, 2.75) is 25.4 Å². The predicted molar refractivity (Wildman–Crippen MR) is 82.8 cm³/mol. The second-order valence-electron chi connectivity index (χ2n) is 4.84. The fraction of sp³-hybridized carbons (Fsp3) is 0.333. The van der Waals surface area contributed by atoms with E-state index in [4.69, 9.17) is 17.3 Å². The highest BCUT2D eigenvalue weighted by atomic mass is 35.5. The molecule has 1 amide bonds. The Bertz CT molecular complexity index is 599. The van der Waals surface area contributed by atoms with Crippen LogP contribution >= 0.6 is 11.6 Å². The molecule has 1 heterocycles. The lowest BCUT2D eigenvalue weighted by Gasteiger charge is -2.32. The number of nitrogens with two attached hydrogens (primary N) is 1. The Morgan fingerprint density at radius 2 is 2.14 bits per heavy atom. The number of hydrogen-bond donors (Lipinski definition) is 2. The zero-order valence-electron chi connectivity index (χ0n) is 11.9. The molecular weight excluding hydrogens is 288 g/mol. The highest BCUT2D eigenvalue weighted by Gasteiger charge is 2.37. The number of halogens is 1. The summed E-state index contributed by atoms with van der Waals surface area (Å²) in [4.78, 5) is 12.1. The van der Waals surface area contributed by atoms with Gasteiger partial charge in [-0.1, -0.05) is 48.9 Å². The van der Waals surface area contributed by atoms with Gasteiger partial charge in [0.25, 0.3) is 0 Å². The number of nitrogens with zero attached hydrogens (tertiary/aromatic N) is 2. The van der Waals surface area contributed by atoms with Gasteiger partial charge in [0.15, 0.2) is 0 Å². The molecule has 2 aromatic rings. The first-order valence-electron chi connectivity index (χ1n) is 6.87. The number of likely N-dealkylation sites (N-methyl/N-ethyl adjacent to an activating group) is 1. The maximum atomic E-state index is 12.1. The van der Waals surface area contributed by atoms with E-state index in [-0.39, 0.29) is 0 Å². The second-order valence-corrected chi connectivity index (χ2v) is 5.27. The first-order valence-corrected chi connectivity index (χ1v) is 7.24. The van der Waals surface area contributed by atoms with E-state index in [1.807, 2.05) is 37.3 Å². The smallest absolute Gasteiger partial charge is 0.242 e. The normalized spacial score (nSPS) is 13.8. The molecule has 3 N–H and O–H groups in total. The van der Waals surface area contributed by atoms with E-state index in [0.717, 1.165) is 5.56 Å². The number of amides is 1. The second kappa shape index (κ2) is 6.74. The molecule has 0 fully saturated rings. The molecule has 1 unspecified atom stereocenters. The van der Waals surface area contributed by atoms with Crippen LogP contribution < -0.4 is 11.1 Å². The van der Waals surface area contributed by atoms with Crippen molar-refractivity contribution in [2.75, 3.05) is 6.54 Å². The van der Waals surface area contributed by atoms with E-state index in [2.05, 4.69) is 10.4 Å². The summed E-state index contributed by atoms with van der Waals surface area (Å²) < 4.78 is 1.71. The molecule has 21 heavy (non-hydrogen) atoms.